The van der Waals surface area contributed by atoms with Crippen LogP contribution in [0.5, 0.6) is 0 Å². The molecule has 0 bridgehead atoms. The van der Waals surface area contributed by atoms with Crippen molar-refractivity contribution in [1.82, 2.24) is 15.2 Å². The molecular formula is C14H21N3. The molecule has 0 aromatic carbocycles. The first kappa shape index (κ1) is 11.2. The summed E-state index contributed by atoms with van der Waals surface area (Å²) in [4.78, 5) is 6.86. The van der Waals surface area contributed by atoms with Crippen LogP contribution >= 0.6 is 0 Å². The molecule has 1 aliphatic heterocycles. The minimum atomic E-state index is 0.609. The highest BCUT2D eigenvalue weighted by Crippen LogP contribution is 2.43. The molecule has 2 unspecified atom stereocenters. The predicted molar refractivity (Wildman–Crippen MR) is 68.7 cm³/mol. The van der Waals surface area contributed by atoms with Crippen molar-refractivity contribution in [2.75, 3.05) is 20.1 Å². The minimum absolute atomic E-state index is 0.609. The Morgan fingerprint density at radius 3 is 2.71 bits per heavy atom. The molecular weight excluding hydrogens is 210 g/mol. The van der Waals surface area contributed by atoms with E-state index >= 15 is 0 Å². The molecule has 3 rings (SSSR count). The van der Waals surface area contributed by atoms with E-state index in [0.29, 0.717) is 6.04 Å². The van der Waals surface area contributed by atoms with Gasteiger partial charge in [0, 0.05) is 24.5 Å². The second-order valence-corrected chi connectivity index (χ2v) is 5.30. The van der Waals surface area contributed by atoms with Crippen molar-refractivity contribution < 1.29 is 0 Å². The van der Waals surface area contributed by atoms with Gasteiger partial charge >= 0.3 is 0 Å². The van der Waals surface area contributed by atoms with Crippen molar-refractivity contribution >= 4 is 0 Å². The lowest BCUT2D eigenvalue weighted by Crippen LogP contribution is -2.30. The lowest BCUT2D eigenvalue weighted by Gasteiger charge is -2.28. The van der Waals surface area contributed by atoms with E-state index in [1.807, 2.05) is 12.4 Å². The van der Waals surface area contributed by atoms with E-state index in [4.69, 9.17) is 0 Å². The first-order valence-electron chi connectivity index (χ1n) is 6.70. The first-order valence-corrected chi connectivity index (χ1v) is 6.70. The highest BCUT2D eigenvalue weighted by molar-refractivity contribution is 5.19. The maximum Gasteiger partial charge on any atom is 0.0392 e. The van der Waals surface area contributed by atoms with Gasteiger partial charge in [-0.3, -0.25) is 9.88 Å². The number of pyridine rings is 1. The Balaban J connectivity index is 1.84. The standard InChI is InChI=1S/C14H21N3/c1-15-10-12-6-9-17(13-2-3-13)14(12)11-4-7-16-8-5-11/h4-5,7-8,12-15H,2-3,6,9-10H2,1H3. The number of nitrogens with zero attached hydrogens (tertiary/aromatic N) is 2. The lowest BCUT2D eigenvalue weighted by atomic mass is 9.94. The molecule has 1 N–H and O–H groups in total. The third-order valence-corrected chi connectivity index (χ3v) is 4.09. The van der Waals surface area contributed by atoms with Gasteiger partial charge in [0.2, 0.25) is 0 Å². The van der Waals surface area contributed by atoms with Crippen molar-refractivity contribution in [2.45, 2.75) is 31.3 Å². The number of nitrogens with one attached hydrogen (secondary N) is 1. The van der Waals surface area contributed by atoms with Gasteiger partial charge in [-0.25, -0.2) is 0 Å². The third-order valence-electron chi connectivity index (χ3n) is 4.09. The summed E-state index contributed by atoms with van der Waals surface area (Å²) in [5.74, 6) is 0.753. The average molecular weight is 231 g/mol. The quantitative estimate of drug-likeness (QED) is 0.857. The minimum Gasteiger partial charge on any atom is -0.319 e. The number of aromatic nitrogens is 1. The highest BCUT2D eigenvalue weighted by Gasteiger charge is 2.42. The number of likely N-dealkylation sites (tertiary alicyclic amines) is 1. The molecule has 1 aliphatic carbocycles. The fourth-order valence-electron chi connectivity index (χ4n) is 3.20. The molecule has 1 saturated heterocycles. The van der Waals surface area contributed by atoms with Crippen LogP contribution in [-0.2, 0) is 0 Å². The van der Waals surface area contributed by atoms with Crippen LogP contribution in [0.3, 0.4) is 0 Å². The highest BCUT2D eigenvalue weighted by atomic mass is 15.2. The lowest BCUT2D eigenvalue weighted by molar-refractivity contribution is 0.217. The average Bonchev–Trinajstić information content (AvgIpc) is 3.13. The van der Waals surface area contributed by atoms with Gasteiger partial charge in [-0.05, 0) is 63.0 Å². The summed E-state index contributed by atoms with van der Waals surface area (Å²) in [6.07, 6.45) is 7.97. The molecule has 2 fully saturated rings. The van der Waals surface area contributed by atoms with Crippen molar-refractivity contribution in [3.05, 3.63) is 30.1 Å². The molecule has 0 spiro atoms. The molecule has 92 valence electrons. The monoisotopic (exact) mass is 231 g/mol. The first-order chi connectivity index (χ1) is 8.40. The summed E-state index contributed by atoms with van der Waals surface area (Å²) in [6, 6.07) is 5.84. The number of hydrogen-bond donors (Lipinski definition) is 1. The van der Waals surface area contributed by atoms with Crippen LogP contribution in [0.4, 0.5) is 0 Å². The molecule has 1 aromatic rings. The summed E-state index contributed by atoms with van der Waals surface area (Å²) in [5.41, 5.74) is 1.45. The number of hydrogen-bond acceptors (Lipinski definition) is 3. The van der Waals surface area contributed by atoms with E-state index < -0.39 is 0 Å². The van der Waals surface area contributed by atoms with Crippen LogP contribution in [0.1, 0.15) is 30.9 Å². The predicted octanol–water partition coefficient (Wildman–Crippen LogP) is 1.83. The Bertz CT molecular complexity index is 361. The zero-order valence-corrected chi connectivity index (χ0v) is 10.5. The molecule has 3 nitrogen and oxygen atoms in total. The maximum atomic E-state index is 4.14. The zero-order chi connectivity index (χ0) is 11.7. The topological polar surface area (TPSA) is 28.2 Å². The Kier molecular flexibility index (Phi) is 3.12. The van der Waals surface area contributed by atoms with Crippen LogP contribution in [0.25, 0.3) is 0 Å². The summed E-state index contributed by atoms with van der Waals surface area (Å²) >= 11 is 0. The second kappa shape index (κ2) is 4.75. The molecule has 2 heterocycles. The van der Waals surface area contributed by atoms with Gasteiger partial charge in [0.1, 0.15) is 0 Å². The molecule has 2 aliphatic rings. The fourth-order valence-corrected chi connectivity index (χ4v) is 3.20. The van der Waals surface area contributed by atoms with Crippen molar-refractivity contribution in [2.24, 2.45) is 5.92 Å². The van der Waals surface area contributed by atoms with Gasteiger partial charge in [-0.2, -0.15) is 0 Å². The Morgan fingerprint density at radius 2 is 2.06 bits per heavy atom. The summed E-state index contributed by atoms with van der Waals surface area (Å²) < 4.78 is 0. The molecule has 3 heteroatoms. The largest absolute Gasteiger partial charge is 0.319 e. The Morgan fingerprint density at radius 1 is 1.29 bits per heavy atom. The third kappa shape index (κ3) is 2.22. The summed E-state index contributed by atoms with van der Waals surface area (Å²) in [7, 11) is 2.06. The Labute approximate surface area is 103 Å². The summed E-state index contributed by atoms with van der Waals surface area (Å²) in [6.45, 7) is 2.39. The molecule has 0 radical (unpaired) electrons. The van der Waals surface area contributed by atoms with Crippen molar-refractivity contribution in [1.29, 1.82) is 0 Å². The van der Waals surface area contributed by atoms with Crippen LogP contribution in [0.2, 0.25) is 0 Å². The van der Waals surface area contributed by atoms with Crippen molar-refractivity contribution in [3.8, 4) is 0 Å². The Hall–Kier alpha value is -0.930. The SMILES string of the molecule is CNCC1CCN(C2CC2)C1c1ccncc1. The van der Waals surface area contributed by atoms with E-state index in [2.05, 4.69) is 34.4 Å². The van der Waals surface area contributed by atoms with Crippen LogP contribution in [-0.4, -0.2) is 36.1 Å². The summed E-state index contributed by atoms with van der Waals surface area (Å²) in [5, 5.41) is 3.35. The van der Waals surface area contributed by atoms with Gasteiger partial charge < -0.3 is 5.32 Å². The van der Waals surface area contributed by atoms with Crippen LogP contribution in [0, 0.1) is 5.92 Å². The smallest absolute Gasteiger partial charge is 0.0392 e. The van der Waals surface area contributed by atoms with Crippen LogP contribution < -0.4 is 5.32 Å². The zero-order valence-electron chi connectivity index (χ0n) is 10.5. The fraction of sp³-hybridized carbons (Fsp3) is 0.643. The van der Waals surface area contributed by atoms with Gasteiger partial charge in [0.05, 0.1) is 0 Å². The molecule has 1 saturated carbocycles. The van der Waals surface area contributed by atoms with E-state index in [-0.39, 0.29) is 0 Å². The van der Waals surface area contributed by atoms with E-state index in [9.17, 15) is 0 Å². The normalized spacial score (nSPS) is 29.7. The number of rotatable bonds is 4. The molecule has 17 heavy (non-hydrogen) atoms. The van der Waals surface area contributed by atoms with Gasteiger partial charge in [0.25, 0.3) is 0 Å². The van der Waals surface area contributed by atoms with Gasteiger partial charge in [-0.15, -0.1) is 0 Å². The van der Waals surface area contributed by atoms with E-state index in [1.54, 1.807) is 0 Å². The van der Waals surface area contributed by atoms with E-state index in [1.165, 1.54) is 31.4 Å². The molecule has 2 atom stereocenters. The second-order valence-electron chi connectivity index (χ2n) is 5.30. The van der Waals surface area contributed by atoms with E-state index in [0.717, 1.165) is 18.5 Å². The van der Waals surface area contributed by atoms with Gasteiger partial charge in [-0.1, -0.05) is 0 Å². The molecule has 1 aromatic heterocycles. The van der Waals surface area contributed by atoms with Crippen LogP contribution in [0.15, 0.2) is 24.5 Å². The van der Waals surface area contributed by atoms with Gasteiger partial charge in [0.15, 0.2) is 0 Å². The molecule has 0 amide bonds. The maximum absolute atomic E-state index is 4.14. The van der Waals surface area contributed by atoms with Crippen molar-refractivity contribution in [3.63, 3.8) is 0 Å².